The molecule has 0 aromatic carbocycles. The zero-order chi connectivity index (χ0) is 13.5. The smallest absolute Gasteiger partial charge is 0.251 e. The van der Waals surface area contributed by atoms with Crippen molar-refractivity contribution >= 4 is 5.91 Å². The molecule has 0 aliphatic carbocycles. The predicted octanol–water partition coefficient (Wildman–Crippen LogP) is 0.573. The van der Waals surface area contributed by atoms with Crippen LogP contribution in [0.5, 0.6) is 0 Å². The van der Waals surface area contributed by atoms with Crippen LogP contribution in [0.3, 0.4) is 0 Å². The highest BCUT2D eigenvalue weighted by Gasteiger charge is 2.21. The summed E-state index contributed by atoms with van der Waals surface area (Å²) in [5, 5.41) is 2.75. The van der Waals surface area contributed by atoms with E-state index in [9.17, 15) is 9.59 Å². The third kappa shape index (κ3) is 3.43. The van der Waals surface area contributed by atoms with E-state index in [-0.39, 0.29) is 11.5 Å². The van der Waals surface area contributed by atoms with Crippen LogP contribution in [0.25, 0.3) is 0 Å². The maximum atomic E-state index is 12.1. The number of carbonyl (C=O) groups is 1. The third-order valence-corrected chi connectivity index (χ3v) is 2.81. The van der Waals surface area contributed by atoms with E-state index in [1.165, 1.54) is 6.07 Å². The maximum absolute atomic E-state index is 12.1. The molecule has 0 fully saturated rings. The van der Waals surface area contributed by atoms with Crippen molar-refractivity contribution in [3.63, 3.8) is 0 Å². The first kappa shape index (κ1) is 14.4. The van der Waals surface area contributed by atoms with Crippen LogP contribution in [0.15, 0.2) is 23.0 Å². The highest BCUT2D eigenvalue weighted by molar-refractivity contribution is 5.80. The molecule has 0 radical (unpaired) electrons. The number of nitrogens with one attached hydrogen (secondary N) is 1. The number of amides is 1. The summed E-state index contributed by atoms with van der Waals surface area (Å²) in [7, 11) is 0. The SMILES string of the molecule is CCCC(C(=O)NCCN)n1c(C)cccc1=O. The van der Waals surface area contributed by atoms with Gasteiger partial charge in [-0.1, -0.05) is 19.4 Å². The molecule has 3 N–H and O–H groups in total. The van der Waals surface area contributed by atoms with Crippen molar-refractivity contribution in [2.45, 2.75) is 32.7 Å². The second kappa shape index (κ2) is 6.96. The summed E-state index contributed by atoms with van der Waals surface area (Å²) < 4.78 is 1.55. The number of aryl methyl sites for hydroxylation is 1. The van der Waals surface area contributed by atoms with Gasteiger partial charge in [-0.05, 0) is 19.4 Å². The molecule has 1 rings (SSSR count). The van der Waals surface area contributed by atoms with Crippen LogP contribution in [0.2, 0.25) is 0 Å². The summed E-state index contributed by atoms with van der Waals surface area (Å²) >= 11 is 0. The molecule has 0 spiro atoms. The summed E-state index contributed by atoms with van der Waals surface area (Å²) in [6.07, 6.45) is 1.47. The molecule has 1 atom stereocenters. The zero-order valence-electron chi connectivity index (χ0n) is 11.0. The van der Waals surface area contributed by atoms with E-state index in [4.69, 9.17) is 5.73 Å². The molecular formula is C13H21N3O2. The molecule has 1 unspecified atom stereocenters. The Balaban J connectivity index is 3.04. The van der Waals surface area contributed by atoms with Gasteiger partial charge in [0, 0.05) is 24.8 Å². The lowest BCUT2D eigenvalue weighted by Crippen LogP contribution is -2.39. The fraction of sp³-hybridized carbons (Fsp3) is 0.538. The molecule has 18 heavy (non-hydrogen) atoms. The van der Waals surface area contributed by atoms with Crippen molar-refractivity contribution in [2.75, 3.05) is 13.1 Å². The minimum atomic E-state index is -0.449. The quantitative estimate of drug-likeness (QED) is 0.776. The first-order chi connectivity index (χ1) is 8.61. The number of hydrogen-bond donors (Lipinski definition) is 2. The number of carbonyl (C=O) groups excluding carboxylic acids is 1. The van der Waals surface area contributed by atoms with Crippen molar-refractivity contribution < 1.29 is 4.79 Å². The van der Waals surface area contributed by atoms with Gasteiger partial charge in [0.1, 0.15) is 6.04 Å². The van der Waals surface area contributed by atoms with E-state index >= 15 is 0 Å². The number of hydrogen-bond acceptors (Lipinski definition) is 3. The highest BCUT2D eigenvalue weighted by Crippen LogP contribution is 2.14. The van der Waals surface area contributed by atoms with Crippen LogP contribution in [-0.2, 0) is 4.79 Å². The minimum Gasteiger partial charge on any atom is -0.353 e. The van der Waals surface area contributed by atoms with Crippen molar-refractivity contribution in [1.29, 1.82) is 0 Å². The number of rotatable bonds is 6. The van der Waals surface area contributed by atoms with Gasteiger partial charge in [0.25, 0.3) is 5.56 Å². The summed E-state index contributed by atoms with van der Waals surface area (Å²) in [6, 6.07) is 4.57. The lowest BCUT2D eigenvalue weighted by Gasteiger charge is -2.20. The van der Waals surface area contributed by atoms with Crippen LogP contribution in [-0.4, -0.2) is 23.6 Å². The maximum Gasteiger partial charge on any atom is 0.251 e. The molecule has 5 nitrogen and oxygen atoms in total. The van der Waals surface area contributed by atoms with Crippen LogP contribution in [0.4, 0.5) is 0 Å². The molecule has 1 amide bonds. The molecule has 1 aromatic heterocycles. The molecule has 1 aromatic rings. The van der Waals surface area contributed by atoms with E-state index in [1.54, 1.807) is 10.6 Å². The Morgan fingerprint density at radius 1 is 1.50 bits per heavy atom. The van der Waals surface area contributed by atoms with E-state index < -0.39 is 6.04 Å². The number of nitrogens with two attached hydrogens (primary N) is 1. The molecular weight excluding hydrogens is 230 g/mol. The largest absolute Gasteiger partial charge is 0.353 e. The normalized spacial score (nSPS) is 12.2. The standard InChI is InChI=1S/C13H21N3O2/c1-3-5-11(13(18)15-9-8-14)16-10(2)6-4-7-12(16)17/h4,6-7,11H,3,5,8-9,14H2,1-2H3,(H,15,18). The van der Waals surface area contributed by atoms with Gasteiger partial charge in [-0.2, -0.15) is 0 Å². The summed E-state index contributed by atoms with van der Waals surface area (Å²) in [5.41, 5.74) is 6.02. The average Bonchev–Trinajstić information content (AvgIpc) is 2.34. The van der Waals surface area contributed by atoms with Crippen molar-refractivity contribution in [2.24, 2.45) is 5.73 Å². The topological polar surface area (TPSA) is 77.1 Å². The molecule has 100 valence electrons. The molecule has 0 saturated heterocycles. The Hall–Kier alpha value is -1.62. The first-order valence-electron chi connectivity index (χ1n) is 6.27. The zero-order valence-corrected chi connectivity index (χ0v) is 11.0. The van der Waals surface area contributed by atoms with E-state index in [2.05, 4.69) is 5.32 Å². The Bertz CT molecular complexity index is 454. The second-order valence-electron chi connectivity index (χ2n) is 4.26. The number of aromatic nitrogens is 1. The molecule has 1 heterocycles. The van der Waals surface area contributed by atoms with Gasteiger partial charge in [0.2, 0.25) is 5.91 Å². The summed E-state index contributed by atoms with van der Waals surface area (Å²) in [5.74, 6) is -0.140. The van der Waals surface area contributed by atoms with E-state index in [0.717, 1.165) is 12.1 Å². The lowest BCUT2D eigenvalue weighted by atomic mass is 10.1. The first-order valence-corrected chi connectivity index (χ1v) is 6.27. The van der Waals surface area contributed by atoms with Gasteiger partial charge >= 0.3 is 0 Å². The molecule has 0 saturated carbocycles. The average molecular weight is 251 g/mol. The Morgan fingerprint density at radius 3 is 2.78 bits per heavy atom. The van der Waals surface area contributed by atoms with E-state index in [1.807, 2.05) is 19.9 Å². The van der Waals surface area contributed by atoms with Gasteiger partial charge < -0.3 is 15.6 Å². The Labute approximate surface area is 107 Å². The van der Waals surface area contributed by atoms with Crippen LogP contribution in [0, 0.1) is 6.92 Å². The van der Waals surface area contributed by atoms with Crippen molar-refractivity contribution in [1.82, 2.24) is 9.88 Å². The molecule has 0 bridgehead atoms. The van der Waals surface area contributed by atoms with Gasteiger partial charge in [-0.3, -0.25) is 9.59 Å². The highest BCUT2D eigenvalue weighted by atomic mass is 16.2. The monoisotopic (exact) mass is 251 g/mol. The molecule has 0 aliphatic rings. The van der Waals surface area contributed by atoms with Gasteiger partial charge in [-0.15, -0.1) is 0 Å². The van der Waals surface area contributed by atoms with Crippen LogP contribution in [0.1, 0.15) is 31.5 Å². The third-order valence-electron chi connectivity index (χ3n) is 2.81. The lowest BCUT2D eigenvalue weighted by molar-refractivity contribution is -0.124. The summed E-state index contributed by atoms with van der Waals surface area (Å²) in [6.45, 7) is 4.65. The van der Waals surface area contributed by atoms with Gasteiger partial charge in [0.05, 0.1) is 0 Å². The van der Waals surface area contributed by atoms with Crippen molar-refractivity contribution in [3.05, 3.63) is 34.2 Å². The van der Waals surface area contributed by atoms with Crippen LogP contribution >= 0.6 is 0 Å². The predicted molar refractivity (Wildman–Crippen MR) is 71.4 cm³/mol. The molecule has 0 aliphatic heterocycles. The fourth-order valence-corrected chi connectivity index (χ4v) is 1.97. The summed E-state index contributed by atoms with van der Waals surface area (Å²) in [4.78, 5) is 24.0. The Morgan fingerprint density at radius 2 is 2.22 bits per heavy atom. The van der Waals surface area contributed by atoms with Crippen molar-refractivity contribution in [3.8, 4) is 0 Å². The molecule has 5 heteroatoms. The Kier molecular flexibility index (Phi) is 5.58. The van der Waals surface area contributed by atoms with Gasteiger partial charge in [0.15, 0.2) is 0 Å². The second-order valence-corrected chi connectivity index (χ2v) is 4.26. The number of pyridine rings is 1. The fourth-order valence-electron chi connectivity index (χ4n) is 1.97. The number of nitrogens with zero attached hydrogens (tertiary/aromatic N) is 1. The minimum absolute atomic E-state index is 0.140. The van der Waals surface area contributed by atoms with Crippen LogP contribution < -0.4 is 16.6 Å². The van der Waals surface area contributed by atoms with Gasteiger partial charge in [-0.25, -0.2) is 0 Å². The van der Waals surface area contributed by atoms with E-state index in [0.29, 0.717) is 19.5 Å².